The number of primary sulfonamides is 1. The van der Waals surface area contributed by atoms with Crippen molar-refractivity contribution in [1.29, 1.82) is 0 Å². The molecular weight excluding hydrogens is 428 g/mol. The number of ether oxygens (including phenoxy) is 1. The molecular formula is C24H26N2O5S. The molecule has 0 radical (unpaired) electrons. The molecule has 1 aliphatic carbocycles. The number of Topliss-reactive ketones (excluding diaryl/α,β-unsaturated/α-hetero) is 1. The van der Waals surface area contributed by atoms with Gasteiger partial charge in [0.15, 0.2) is 5.75 Å². The maximum atomic E-state index is 12.9. The topological polar surface area (TPSA) is 119 Å². The predicted molar refractivity (Wildman–Crippen MR) is 122 cm³/mol. The Balaban J connectivity index is 2.02. The molecule has 0 unspecified atom stereocenters. The van der Waals surface area contributed by atoms with Crippen LogP contribution in [-0.4, -0.2) is 25.2 Å². The summed E-state index contributed by atoms with van der Waals surface area (Å²) in [5.74, 6) is -1.57. The number of benzene rings is 2. The Hall–Kier alpha value is -2.97. The summed E-state index contributed by atoms with van der Waals surface area (Å²) in [5.41, 5.74) is 2.88. The van der Waals surface area contributed by atoms with Gasteiger partial charge in [0.25, 0.3) is 0 Å². The van der Waals surface area contributed by atoms with Crippen LogP contribution in [0.25, 0.3) is 22.2 Å². The molecule has 168 valence electrons. The largest absolute Gasteiger partial charge is 0.418 e. The number of hydrogen-bond donors (Lipinski definition) is 2. The number of nitrogens with two attached hydrogens (primary N) is 1. The summed E-state index contributed by atoms with van der Waals surface area (Å²) < 4.78 is 31.2. The van der Waals surface area contributed by atoms with Gasteiger partial charge in [-0.1, -0.05) is 43.5 Å². The van der Waals surface area contributed by atoms with Crippen LogP contribution in [0.2, 0.25) is 0 Å². The fourth-order valence-corrected chi connectivity index (χ4v) is 5.79. The molecule has 3 N–H and O–H groups in total. The first-order chi connectivity index (χ1) is 15.2. The lowest BCUT2D eigenvalue weighted by Crippen LogP contribution is -2.20. The molecule has 2 aromatic carbocycles. The van der Waals surface area contributed by atoms with Crippen molar-refractivity contribution in [2.75, 3.05) is 0 Å². The second-order valence-electron chi connectivity index (χ2n) is 8.37. The first-order valence-corrected chi connectivity index (χ1v) is 12.2. The molecule has 4 rings (SSSR count). The highest BCUT2D eigenvalue weighted by molar-refractivity contribution is 7.89. The number of rotatable bonds is 5. The minimum absolute atomic E-state index is 0.0519. The molecule has 1 saturated carbocycles. The molecule has 0 spiro atoms. The molecule has 1 fully saturated rings. The van der Waals surface area contributed by atoms with Gasteiger partial charge < -0.3 is 9.72 Å². The number of H-pyrrole nitrogens is 1. The third kappa shape index (κ3) is 4.08. The van der Waals surface area contributed by atoms with Gasteiger partial charge in [0.2, 0.25) is 15.8 Å². The number of fused-ring (bicyclic) bond motifs is 1. The van der Waals surface area contributed by atoms with E-state index in [4.69, 9.17) is 9.88 Å². The summed E-state index contributed by atoms with van der Waals surface area (Å²) in [6.45, 7) is 3.02. The van der Waals surface area contributed by atoms with Crippen molar-refractivity contribution < 1.29 is 22.7 Å². The van der Waals surface area contributed by atoms with Crippen LogP contribution in [0.15, 0.2) is 41.3 Å². The number of ketones is 1. The van der Waals surface area contributed by atoms with Gasteiger partial charge >= 0.3 is 5.97 Å². The van der Waals surface area contributed by atoms with Gasteiger partial charge in [0, 0.05) is 23.4 Å². The Morgan fingerprint density at radius 1 is 1.06 bits per heavy atom. The van der Waals surface area contributed by atoms with Crippen molar-refractivity contribution in [3.05, 3.63) is 47.5 Å². The SMILES string of the molecule is CC(=O)C(=O)Oc1c(-c2ccc(C)c(C3CCCCC3)c2S(N)(=O)=O)[nH]c2ccccc12. The van der Waals surface area contributed by atoms with E-state index in [0.717, 1.165) is 50.2 Å². The monoisotopic (exact) mass is 454 g/mol. The molecule has 1 aliphatic rings. The summed E-state index contributed by atoms with van der Waals surface area (Å²) in [4.78, 5) is 27.0. The standard InChI is InChI=1S/C24H26N2O5S/c1-14-12-13-18(23(32(25,29)30)20(14)16-8-4-3-5-9-16)21-22(31-24(28)15(2)27)17-10-6-7-11-19(17)26-21/h6-7,10-13,16,26H,3-5,8-9H2,1-2H3,(H2,25,29,30). The molecule has 8 heteroatoms. The molecule has 0 aliphatic heterocycles. The molecule has 7 nitrogen and oxygen atoms in total. The van der Waals surface area contributed by atoms with Crippen LogP contribution in [0.3, 0.4) is 0 Å². The van der Waals surface area contributed by atoms with Crippen molar-refractivity contribution in [3.63, 3.8) is 0 Å². The number of para-hydroxylation sites is 1. The molecule has 3 aromatic rings. The number of carbonyl (C=O) groups is 2. The number of carbonyl (C=O) groups excluding carboxylic acids is 2. The number of aromatic amines is 1. The van der Waals surface area contributed by atoms with Gasteiger partial charge in [-0.15, -0.1) is 0 Å². The quantitative estimate of drug-likeness (QED) is 0.439. The summed E-state index contributed by atoms with van der Waals surface area (Å²) in [6, 6.07) is 10.7. The van der Waals surface area contributed by atoms with Crippen molar-refractivity contribution in [2.24, 2.45) is 5.14 Å². The number of aromatic nitrogens is 1. The van der Waals surface area contributed by atoms with E-state index in [1.807, 2.05) is 19.1 Å². The van der Waals surface area contributed by atoms with Gasteiger partial charge in [-0.05, 0) is 48.9 Å². The lowest BCUT2D eigenvalue weighted by molar-refractivity contribution is -0.145. The minimum Gasteiger partial charge on any atom is -0.418 e. The summed E-state index contributed by atoms with van der Waals surface area (Å²) in [6.07, 6.45) is 4.99. The van der Waals surface area contributed by atoms with Gasteiger partial charge in [-0.25, -0.2) is 18.4 Å². The number of esters is 1. The summed E-state index contributed by atoms with van der Waals surface area (Å²) in [7, 11) is -4.11. The molecule has 0 amide bonds. The van der Waals surface area contributed by atoms with Gasteiger partial charge in [-0.3, -0.25) is 4.79 Å². The third-order valence-electron chi connectivity index (χ3n) is 6.12. The van der Waals surface area contributed by atoms with Gasteiger partial charge in [-0.2, -0.15) is 0 Å². The lowest BCUT2D eigenvalue weighted by atomic mass is 9.81. The zero-order chi connectivity index (χ0) is 23.0. The van der Waals surface area contributed by atoms with E-state index in [9.17, 15) is 18.0 Å². The Bertz CT molecular complexity index is 1320. The third-order valence-corrected chi connectivity index (χ3v) is 7.13. The smallest absolute Gasteiger partial charge is 0.379 e. The first-order valence-electron chi connectivity index (χ1n) is 10.7. The highest BCUT2D eigenvalue weighted by Crippen LogP contribution is 2.45. The maximum absolute atomic E-state index is 12.9. The highest BCUT2D eigenvalue weighted by atomic mass is 32.2. The first kappa shape index (κ1) is 22.2. The highest BCUT2D eigenvalue weighted by Gasteiger charge is 2.30. The number of sulfonamides is 1. The molecule has 0 atom stereocenters. The average molecular weight is 455 g/mol. The maximum Gasteiger partial charge on any atom is 0.379 e. The Morgan fingerprint density at radius 3 is 2.41 bits per heavy atom. The van der Waals surface area contributed by atoms with E-state index in [-0.39, 0.29) is 16.6 Å². The van der Waals surface area contributed by atoms with Crippen molar-refractivity contribution in [2.45, 2.75) is 56.8 Å². The van der Waals surface area contributed by atoms with Crippen LogP contribution in [0.4, 0.5) is 0 Å². The lowest BCUT2D eigenvalue weighted by Gasteiger charge is -2.27. The number of aryl methyl sites for hydroxylation is 1. The summed E-state index contributed by atoms with van der Waals surface area (Å²) >= 11 is 0. The number of hydrogen-bond acceptors (Lipinski definition) is 5. The van der Waals surface area contributed by atoms with Crippen molar-refractivity contribution >= 4 is 32.7 Å². The van der Waals surface area contributed by atoms with E-state index in [0.29, 0.717) is 22.2 Å². The predicted octanol–water partition coefficient (Wildman–Crippen LogP) is 4.33. The van der Waals surface area contributed by atoms with E-state index >= 15 is 0 Å². The van der Waals surface area contributed by atoms with Crippen LogP contribution in [-0.2, 0) is 19.6 Å². The van der Waals surface area contributed by atoms with Gasteiger partial charge in [0.05, 0.1) is 10.6 Å². The Labute approximate surface area is 187 Å². The van der Waals surface area contributed by atoms with Crippen molar-refractivity contribution in [3.8, 4) is 17.0 Å². The van der Waals surface area contributed by atoms with E-state index < -0.39 is 21.8 Å². The van der Waals surface area contributed by atoms with Crippen LogP contribution in [0.1, 0.15) is 56.1 Å². The van der Waals surface area contributed by atoms with Crippen LogP contribution < -0.4 is 9.88 Å². The second kappa shape index (κ2) is 8.52. The minimum atomic E-state index is -4.11. The molecule has 0 bridgehead atoms. The molecule has 1 heterocycles. The van der Waals surface area contributed by atoms with Crippen LogP contribution >= 0.6 is 0 Å². The molecule has 1 aromatic heterocycles. The van der Waals surface area contributed by atoms with E-state index in [2.05, 4.69) is 4.98 Å². The van der Waals surface area contributed by atoms with Crippen molar-refractivity contribution in [1.82, 2.24) is 4.98 Å². The van der Waals surface area contributed by atoms with Crippen LogP contribution in [0.5, 0.6) is 5.75 Å². The van der Waals surface area contributed by atoms with E-state index in [1.54, 1.807) is 24.3 Å². The van der Waals surface area contributed by atoms with E-state index in [1.165, 1.54) is 0 Å². The van der Waals surface area contributed by atoms with Crippen LogP contribution in [0, 0.1) is 6.92 Å². The normalized spacial score (nSPS) is 15.1. The number of nitrogens with one attached hydrogen (secondary N) is 1. The average Bonchev–Trinajstić information content (AvgIpc) is 3.11. The molecule has 32 heavy (non-hydrogen) atoms. The Kier molecular flexibility index (Phi) is 5.92. The zero-order valence-corrected chi connectivity index (χ0v) is 18.9. The van der Waals surface area contributed by atoms with Gasteiger partial charge in [0.1, 0.15) is 0 Å². The fourth-order valence-electron chi connectivity index (χ4n) is 4.68. The zero-order valence-electron chi connectivity index (χ0n) is 18.1. The molecule has 0 saturated heterocycles. The second-order valence-corrected chi connectivity index (χ2v) is 9.87. The Morgan fingerprint density at radius 2 is 1.75 bits per heavy atom. The fraction of sp³-hybridized carbons (Fsp3) is 0.333. The summed E-state index contributed by atoms with van der Waals surface area (Å²) in [5, 5.41) is 6.33.